The normalized spacial score (nSPS) is 12.0. The van der Waals surface area contributed by atoms with Crippen molar-refractivity contribution in [2.45, 2.75) is 32.7 Å². The third-order valence-corrected chi connectivity index (χ3v) is 5.95. The quantitative estimate of drug-likeness (QED) is 0.308. The summed E-state index contributed by atoms with van der Waals surface area (Å²) < 4.78 is 2.11. The molecular weight excluding hydrogens is 417 g/mol. The highest BCUT2D eigenvalue weighted by atomic mass is 35.5. The minimum atomic E-state index is -0.414. The van der Waals surface area contributed by atoms with E-state index < -0.39 is 4.92 Å². The van der Waals surface area contributed by atoms with Crippen molar-refractivity contribution in [3.05, 3.63) is 72.8 Å². The lowest BCUT2D eigenvalue weighted by Crippen LogP contribution is -2.21. The van der Waals surface area contributed by atoms with Crippen molar-refractivity contribution in [3.8, 4) is 11.3 Å². The predicted octanol–water partition coefficient (Wildman–Crippen LogP) is 7.03. The first-order chi connectivity index (χ1) is 13.5. The highest BCUT2D eigenvalue weighted by Gasteiger charge is 2.18. The Morgan fingerprint density at radius 2 is 1.89 bits per heavy atom. The molecule has 3 aromatic rings. The van der Waals surface area contributed by atoms with Crippen LogP contribution >= 0.6 is 34.5 Å². The number of rotatable bonds is 6. The van der Waals surface area contributed by atoms with Crippen LogP contribution in [0.4, 0.5) is 11.4 Å². The van der Waals surface area contributed by atoms with Crippen molar-refractivity contribution in [1.29, 1.82) is 0 Å². The van der Waals surface area contributed by atoms with E-state index >= 15 is 0 Å². The highest BCUT2D eigenvalue weighted by molar-refractivity contribution is 7.07. The summed E-state index contributed by atoms with van der Waals surface area (Å²) >= 11 is 14.1. The molecule has 0 fully saturated rings. The minimum Gasteiger partial charge on any atom is -0.313 e. The molecule has 1 heterocycles. The predicted molar refractivity (Wildman–Crippen MR) is 116 cm³/mol. The molecule has 0 amide bonds. The van der Waals surface area contributed by atoms with E-state index in [2.05, 4.69) is 23.4 Å². The molecule has 0 bridgehead atoms. The summed E-state index contributed by atoms with van der Waals surface area (Å²) in [6.45, 7) is 4.22. The topological polar surface area (TPSA) is 60.4 Å². The summed E-state index contributed by atoms with van der Waals surface area (Å²) in [5.41, 5.74) is 2.04. The number of nitro groups is 1. The van der Waals surface area contributed by atoms with Gasteiger partial charge in [0.2, 0.25) is 0 Å². The molecule has 0 saturated carbocycles. The van der Waals surface area contributed by atoms with Crippen molar-refractivity contribution in [1.82, 2.24) is 4.57 Å². The van der Waals surface area contributed by atoms with Crippen LogP contribution in [0.2, 0.25) is 10.0 Å². The average molecular weight is 436 g/mol. The van der Waals surface area contributed by atoms with E-state index in [9.17, 15) is 10.1 Å². The maximum absolute atomic E-state index is 11.4. The second-order valence-electron chi connectivity index (χ2n) is 6.23. The maximum atomic E-state index is 11.4. The van der Waals surface area contributed by atoms with Gasteiger partial charge in [0.25, 0.3) is 5.69 Å². The molecule has 146 valence electrons. The lowest BCUT2D eigenvalue weighted by molar-refractivity contribution is -0.384. The first kappa shape index (κ1) is 20.6. The molecule has 8 heteroatoms. The molecule has 0 atom stereocenters. The number of para-hydroxylation sites is 2. The van der Waals surface area contributed by atoms with Crippen LogP contribution < -0.4 is 4.80 Å². The monoisotopic (exact) mass is 435 g/mol. The zero-order chi connectivity index (χ0) is 20.3. The summed E-state index contributed by atoms with van der Waals surface area (Å²) in [4.78, 5) is 16.3. The average Bonchev–Trinajstić information content (AvgIpc) is 3.08. The van der Waals surface area contributed by atoms with Gasteiger partial charge in [0, 0.05) is 28.1 Å². The third-order valence-electron chi connectivity index (χ3n) is 4.55. The molecule has 0 radical (unpaired) electrons. The van der Waals surface area contributed by atoms with E-state index in [0.717, 1.165) is 24.1 Å². The molecular formula is C20H19Cl2N3O2S. The SMILES string of the molecule is CCC(CC)n1c(-c2cc(Cl)ccc2Cl)csc1=Nc1ccccc1[N+](=O)[O-]. The zero-order valence-electron chi connectivity index (χ0n) is 15.4. The second-order valence-corrected chi connectivity index (χ2v) is 7.91. The number of halogens is 2. The second kappa shape index (κ2) is 8.90. The Balaban J connectivity index is 2.28. The van der Waals surface area contributed by atoms with Gasteiger partial charge in [0.05, 0.1) is 15.6 Å². The van der Waals surface area contributed by atoms with Crippen LogP contribution in [0.3, 0.4) is 0 Å². The van der Waals surface area contributed by atoms with Crippen LogP contribution in [0, 0.1) is 10.1 Å². The van der Waals surface area contributed by atoms with Gasteiger partial charge in [0.15, 0.2) is 4.80 Å². The first-order valence-electron chi connectivity index (χ1n) is 8.89. The molecule has 0 aliphatic heterocycles. The Morgan fingerprint density at radius 3 is 2.57 bits per heavy atom. The molecule has 0 saturated heterocycles. The lowest BCUT2D eigenvalue weighted by Gasteiger charge is -2.19. The Kier molecular flexibility index (Phi) is 6.54. The number of benzene rings is 2. The molecule has 0 unspecified atom stereocenters. The summed E-state index contributed by atoms with van der Waals surface area (Å²) in [6.07, 6.45) is 1.78. The van der Waals surface area contributed by atoms with Gasteiger partial charge in [-0.2, -0.15) is 0 Å². The summed E-state index contributed by atoms with van der Waals surface area (Å²) in [6, 6.07) is 12.0. The molecule has 0 aliphatic rings. The van der Waals surface area contributed by atoms with E-state index in [1.54, 1.807) is 30.3 Å². The Morgan fingerprint density at radius 1 is 1.18 bits per heavy atom. The Labute approximate surface area is 177 Å². The van der Waals surface area contributed by atoms with Crippen molar-refractivity contribution < 1.29 is 4.92 Å². The minimum absolute atomic E-state index is 0.0191. The van der Waals surface area contributed by atoms with Gasteiger partial charge in [-0.3, -0.25) is 10.1 Å². The zero-order valence-corrected chi connectivity index (χ0v) is 17.8. The van der Waals surface area contributed by atoms with Gasteiger partial charge in [-0.25, -0.2) is 4.99 Å². The van der Waals surface area contributed by atoms with E-state index in [4.69, 9.17) is 23.2 Å². The molecule has 3 rings (SSSR count). The molecule has 0 N–H and O–H groups in total. The number of hydrogen-bond acceptors (Lipinski definition) is 4. The van der Waals surface area contributed by atoms with E-state index in [1.165, 1.54) is 17.4 Å². The maximum Gasteiger partial charge on any atom is 0.294 e. The highest BCUT2D eigenvalue weighted by Crippen LogP contribution is 2.34. The van der Waals surface area contributed by atoms with Crippen molar-refractivity contribution >= 4 is 45.9 Å². The molecule has 0 spiro atoms. The van der Waals surface area contributed by atoms with Gasteiger partial charge in [-0.05, 0) is 37.1 Å². The number of hydrogen-bond donors (Lipinski definition) is 0. The Hall–Kier alpha value is -2.15. The van der Waals surface area contributed by atoms with Gasteiger partial charge in [0.1, 0.15) is 5.69 Å². The third kappa shape index (κ3) is 4.14. The van der Waals surface area contributed by atoms with Crippen molar-refractivity contribution in [2.75, 3.05) is 0 Å². The summed E-state index contributed by atoms with van der Waals surface area (Å²) in [7, 11) is 0. The molecule has 5 nitrogen and oxygen atoms in total. The van der Waals surface area contributed by atoms with E-state index in [-0.39, 0.29) is 11.7 Å². The van der Waals surface area contributed by atoms with Crippen LogP contribution in [0.15, 0.2) is 52.8 Å². The number of thiazole rings is 1. The van der Waals surface area contributed by atoms with Gasteiger partial charge in [-0.15, -0.1) is 11.3 Å². The van der Waals surface area contributed by atoms with Crippen molar-refractivity contribution in [2.24, 2.45) is 4.99 Å². The molecule has 1 aromatic heterocycles. The number of nitro benzene ring substituents is 1. The standard InChI is InChI=1S/C20H19Cl2N3O2S/c1-3-14(4-2)24-19(15-11-13(21)9-10-16(15)22)12-28-20(24)23-17-7-5-6-8-18(17)25(26)27/h5-12,14H,3-4H2,1-2H3. The first-order valence-corrected chi connectivity index (χ1v) is 10.5. The van der Waals surface area contributed by atoms with Gasteiger partial charge < -0.3 is 4.57 Å². The summed E-state index contributed by atoms with van der Waals surface area (Å²) in [5.74, 6) is 0. The van der Waals surface area contributed by atoms with Crippen LogP contribution in [0.25, 0.3) is 11.3 Å². The van der Waals surface area contributed by atoms with E-state index in [0.29, 0.717) is 20.5 Å². The fraction of sp³-hybridized carbons (Fsp3) is 0.250. The van der Waals surface area contributed by atoms with Crippen LogP contribution in [0.5, 0.6) is 0 Å². The fourth-order valence-corrected chi connectivity index (χ4v) is 4.47. The van der Waals surface area contributed by atoms with Gasteiger partial charge in [-0.1, -0.05) is 49.2 Å². The fourth-order valence-electron chi connectivity index (χ4n) is 3.12. The van der Waals surface area contributed by atoms with E-state index in [1.807, 2.05) is 11.4 Å². The van der Waals surface area contributed by atoms with Crippen molar-refractivity contribution in [3.63, 3.8) is 0 Å². The smallest absolute Gasteiger partial charge is 0.294 e. The van der Waals surface area contributed by atoms with Crippen LogP contribution in [-0.4, -0.2) is 9.49 Å². The number of aromatic nitrogens is 1. The molecule has 2 aromatic carbocycles. The lowest BCUT2D eigenvalue weighted by atomic mass is 10.1. The van der Waals surface area contributed by atoms with Crippen LogP contribution in [-0.2, 0) is 0 Å². The van der Waals surface area contributed by atoms with Gasteiger partial charge >= 0.3 is 0 Å². The van der Waals surface area contributed by atoms with Crippen LogP contribution in [0.1, 0.15) is 32.7 Å². The Bertz CT molecular complexity index is 1070. The molecule has 0 aliphatic carbocycles. The molecule has 28 heavy (non-hydrogen) atoms. The summed E-state index contributed by atoms with van der Waals surface area (Å²) in [5, 5.41) is 14.5. The largest absolute Gasteiger partial charge is 0.313 e. The number of nitrogens with zero attached hydrogens (tertiary/aromatic N) is 3.